The molecule has 5 saturated heterocycles. The largest absolute Gasteiger partial charge is 0.508 e. The number of unbranched alkanes of at least 4 members (excludes halogenated alkanes) is 4. The van der Waals surface area contributed by atoms with Gasteiger partial charge in [0.15, 0.2) is 5.82 Å². The van der Waals surface area contributed by atoms with Gasteiger partial charge in [0.25, 0.3) is 0 Å². The highest BCUT2D eigenvalue weighted by molar-refractivity contribution is 7.13. The zero-order chi connectivity index (χ0) is 62.0. The van der Waals surface area contributed by atoms with Gasteiger partial charge in [-0.1, -0.05) is 77.3 Å². The molecule has 5 fully saturated rings. The molecule has 6 aromatic rings. The van der Waals surface area contributed by atoms with Crippen molar-refractivity contribution in [2.75, 3.05) is 50.8 Å². The van der Waals surface area contributed by atoms with Crippen LogP contribution in [0.25, 0.3) is 43.4 Å². The first kappa shape index (κ1) is 62.5. The predicted molar refractivity (Wildman–Crippen MR) is 334 cm³/mol. The maximum atomic E-state index is 17.3. The number of hydrogen-bond acceptors (Lipinski definition) is 16. The van der Waals surface area contributed by atoms with Crippen molar-refractivity contribution in [2.45, 2.75) is 179 Å². The Bertz CT molecular complexity index is 3540. The first-order valence-electron chi connectivity index (χ1n) is 31.5. The van der Waals surface area contributed by atoms with E-state index in [2.05, 4.69) is 41.0 Å². The third-order valence-corrected chi connectivity index (χ3v) is 19.7. The maximum Gasteiger partial charge on any atom is 0.407 e. The van der Waals surface area contributed by atoms with E-state index in [0.29, 0.717) is 60.0 Å². The highest BCUT2D eigenvalue weighted by Crippen LogP contribution is 2.44. The number of benzene rings is 3. The number of nitrogens with zero attached hydrogens (tertiary/aromatic N) is 7. The molecule has 6 N–H and O–H groups in total. The van der Waals surface area contributed by atoms with Crippen molar-refractivity contribution < 1.29 is 47.6 Å². The van der Waals surface area contributed by atoms with Crippen molar-refractivity contribution in [3.05, 3.63) is 88.7 Å². The molecule has 3 aromatic heterocycles. The summed E-state index contributed by atoms with van der Waals surface area (Å²) >= 11 is 1.57. The molecule has 11 rings (SSSR count). The Morgan fingerprint density at radius 1 is 0.932 bits per heavy atom. The summed E-state index contributed by atoms with van der Waals surface area (Å²) < 4.78 is 44.9. The van der Waals surface area contributed by atoms with E-state index in [0.717, 1.165) is 92.5 Å². The number of phenolic OH excluding ortho intramolecular Hbond substituents is 1. The van der Waals surface area contributed by atoms with Crippen LogP contribution in [0.1, 0.15) is 141 Å². The minimum absolute atomic E-state index is 0.00798. The van der Waals surface area contributed by atoms with Gasteiger partial charge in [-0.3, -0.25) is 24.3 Å². The minimum Gasteiger partial charge on any atom is -0.508 e. The molecule has 5 aliphatic heterocycles. The number of carbonyl (C=O) groups excluding carboxylic acids is 4. The highest BCUT2D eigenvalue weighted by Gasteiger charge is 2.51. The number of fused-ring (bicyclic) bond motifs is 5. The monoisotopic (exact) mass is 1230 g/mol. The van der Waals surface area contributed by atoms with E-state index in [4.69, 9.17) is 19.4 Å². The second-order valence-electron chi connectivity index (χ2n) is 26.0. The molecule has 0 saturated carbocycles. The van der Waals surface area contributed by atoms with Crippen LogP contribution in [-0.2, 0) is 25.5 Å². The van der Waals surface area contributed by atoms with Crippen LogP contribution >= 0.6 is 11.3 Å². The molecule has 88 heavy (non-hydrogen) atoms. The summed E-state index contributed by atoms with van der Waals surface area (Å²) in [6, 6.07) is 12.2. The lowest BCUT2D eigenvalue weighted by atomic mass is 9.85. The average Bonchev–Trinajstić information content (AvgIpc) is 1.64. The predicted octanol–water partition coefficient (Wildman–Crippen LogP) is 9.58. The maximum absolute atomic E-state index is 17.3. The Labute approximate surface area is 516 Å². The van der Waals surface area contributed by atoms with Crippen molar-refractivity contribution in [3.8, 4) is 33.5 Å². The summed E-state index contributed by atoms with van der Waals surface area (Å²) in [5.74, 6) is -1.72. The van der Waals surface area contributed by atoms with Gasteiger partial charge in [-0.15, -0.1) is 11.3 Å². The number of aliphatic hydroxyl groups is 1. The van der Waals surface area contributed by atoms with Crippen molar-refractivity contribution >= 4 is 62.6 Å². The summed E-state index contributed by atoms with van der Waals surface area (Å²) in [6.45, 7) is 14.4. The summed E-state index contributed by atoms with van der Waals surface area (Å²) in [5, 5.41) is 35.6. The number of aromatic hydroxyl groups is 1. The van der Waals surface area contributed by atoms with Gasteiger partial charge in [0, 0.05) is 68.9 Å². The van der Waals surface area contributed by atoms with Gasteiger partial charge in [0.2, 0.25) is 17.7 Å². The number of likely N-dealkylation sites (tertiary alicyclic amines) is 1. The Morgan fingerprint density at radius 2 is 1.69 bits per heavy atom. The van der Waals surface area contributed by atoms with E-state index < -0.39 is 47.2 Å². The Morgan fingerprint density at radius 3 is 2.43 bits per heavy atom. The number of β-amino-alcohol motifs (C(OH)–C–C–N with tert-alkyl or cyclic N) is 1. The van der Waals surface area contributed by atoms with Gasteiger partial charge in [-0.05, 0) is 129 Å². The fourth-order valence-corrected chi connectivity index (χ4v) is 14.9. The average molecular weight is 1230 g/mol. The van der Waals surface area contributed by atoms with Crippen LogP contribution in [0.2, 0.25) is 0 Å². The smallest absolute Gasteiger partial charge is 0.407 e. The van der Waals surface area contributed by atoms with Crippen LogP contribution in [-0.4, -0.2) is 152 Å². The molecule has 3 aromatic carbocycles. The first-order chi connectivity index (χ1) is 42.3. The SMILES string of the molecule is CCc1c(F)ccc2cc(O)cc(-c3ncc4c(N5CC6CCC(C5)N6)nc(OCC56CCCN5C(COC(=O)NCCCCCCCC(=O)NC(C(=O)N5C[C@H](O)C[C@H]5C(=O)N[C@@H](C)c5ccc(-c7scnc7C)cc5)C(C)(C)C)CC6)nc4c3F)c12. The van der Waals surface area contributed by atoms with E-state index in [1.54, 1.807) is 23.6 Å². The minimum atomic E-state index is -0.913. The van der Waals surface area contributed by atoms with Crippen LogP contribution < -0.4 is 30.9 Å². The fourth-order valence-electron chi connectivity index (χ4n) is 14.1. The van der Waals surface area contributed by atoms with Gasteiger partial charge in [0.1, 0.15) is 53.9 Å². The fraction of sp³-hybridized carbons (Fsp3) is 0.545. The number of hydrogen-bond donors (Lipinski definition) is 6. The summed E-state index contributed by atoms with van der Waals surface area (Å²) in [5.41, 5.74) is 4.33. The molecule has 4 amide bonds. The number of pyridine rings is 1. The quantitative estimate of drug-likeness (QED) is 0.0347. The Kier molecular flexibility index (Phi) is 18.8. The Balaban J connectivity index is 0.630. The molecule has 2 bridgehead atoms. The molecular weight excluding hydrogens is 1140 g/mol. The number of rotatable bonds is 22. The van der Waals surface area contributed by atoms with E-state index in [9.17, 15) is 29.4 Å². The molecule has 8 atom stereocenters. The summed E-state index contributed by atoms with van der Waals surface area (Å²) in [7, 11) is 0. The molecule has 0 spiro atoms. The third-order valence-electron chi connectivity index (χ3n) is 18.7. The number of carbonyl (C=O) groups is 4. The van der Waals surface area contributed by atoms with Crippen molar-refractivity contribution in [3.63, 3.8) is 0 Å². The molecule has 0 aliphatic carbocycles. The lowest BCUT2D eigenvalue weighted by molar-refractivity contribution is -0.144. The number of piperazine rings is 1. The number of phenols is 1. The first-order valence-corrected chi connectivity index (χ1v) is 32.4. The van der Waals surface area contributed by atoms with Gasteiger partial charge in [0.05, 0.1) is 39.2 Å². The molecule has 19 nitrogen and oxygen atoms in total. The molecule has 5 unspecified atom stereocenters. The second kappa shape index (κ2) is 26.5. The highest BCUT2D eigenvalue weighted by atomic mass is 32.1. The van der Waals surface area contributed by atoms with Crippen LogP contribution in [0.4, 0.5) is 19.4 Å². The number of thiazole rings is 1. The number of ether oxygens (including phenoxy) is 2. The van der Waals surface area contributed by atoms with Gasteiger partial charge in [-0.25, -0.2) is 18.6 Å². The van der Waals surface area contributed by atoms with E-state index in [1.165, 1.54) is 23.1 Å². The number of alkyl carbamates (subject to hydrolysis) is 1. The number of anilines is 1. The number of aromatic nitrogens is 4. The van der Waals surface area contributed by atoms with Gasteiger partial charge in [-0.2, -0.15) is 9.97 Å². The molecule has 5 aliphatic rings. The van der Waals surface area contributed by atoms with E-state index in [-0.39, 0.29) is 103 Å². The lowest BCUT2D eigenvalue weighted by Crippen LogP contribution is -2.57. The van der Waals surface area contributed by atoms with E-state index >= 15 is 8.78 Å². The van der Waals surface area contributed by atoms with Gasteiger partial charge >= 0.3 is 12.1 Å². The zero-order valence-corrected chi connectivity index (χ0v) is 52.1. The number of aliphatic hydroxyl groups excluding tert-OH is 1. The van der Waals surface area contributed by atoms with Crippen LogP contribution in [0.5, 0.6) is 11.8 Å². The second-order valence-corrected chi connectivity index (χ2v) is 26.8. The summed E-state index contributed by atoms with van der Waals surface area (Å²) in [6.07, 6.45) is 10.1. The molecule has 470 valence electrons. The Hall–Kier alpha value is -7.14. The standard InChI is InChI=1S/C66H83F2N11O8S/c1-7-48-51(67)22-19-42-28-46(80)29-49(54(42)48)56-55(68)57-50(31-70-56)60(77-32-43-20-21-44(33-77)73-43)76-63(75-57)87-36-66-24-13-27-79(66)45(23-25-66)35-86-64(85)69-26-12-10-8-9-11-14-53(82)74-59(65(4,5)6)62(84)78-34-47(81)30-52(78)61(83)72-38(2)40-15-17-41(18-16-40)58-39(3)71-37-88-58/h15-19,22,28-29,31,37-38,43-45,47,52,59,73,80-81H,7-14,20-21,23-27,30,32-36H2,1-6H3,(H,69,85)(H,72,83)(H,74,82)/t38-,43?,44?,45?,47+,52-,59?,66?/m0/s1. The number of aryl methyl sites for hydroxylation is 2. The van der Waals surface area contributed by atoms with Crippen LogP contribution in [0.3, 0.4) is 0 Å². The number of nitrogens with one attached hydrogen (secondary N) is 4. The third kappa shape index (κ3) is 13.4. The molecule has 22 heteroatoms. The zero-order valence-electron chi connectivity index (χ0n) is 51.3. The topological polar surface area (TPSA) is 237 Å². The van der Waals surface area contributed by atoms with Gasteiger partial charge < -0.3 is 50.8 Å². The molecule has 8 heterocycles. The summed E-state index contributed by atoms with van der Waals surface area (Å²) in [4.78, 5) is 80.1. The van der Waals surface area contributed by atoms with Crippen LogP contribution in [0, 0.1) is 24.0 Å². The van der Waals surface area contributed by atoms with Crippen molar-refractivity contribution in [2.24, 2.45) is 5.41 Å². The molecule has 0 radical (unpaired) electrons. The lowest BCUT2D eigenvalue weighted by Gasteiger charge is -2.35. The van der Waals surface area contributed by atoms with Crippen molar-refractivity contribution in [1.29, 1.82) is 0 Å². The van der Waals surface area contributed by atoms with Crippen molar-refractivity contribution in [1.82, 2.24) is 51.0 Å². The van der Waals surface area contributed by atoms with E-state index in [1.807, 2.05) is 71.3 Å². The number of amides is 4. The van der Waals surface area contributed by atoms with Crippen LogP contribution in [0.15, 0.2) is 60.2 Å². The number of halogens is 2. The molecular formula is C66H83F2N11O8S. The normalized spacial score (nSPS) is 22.5.